The van der Waals surface area contributed by atoms with Gasteiger partial charge in [-0.15, -0.1) is 0 Å². The molecule has 4 aliphatic rings. The van der Waals surface area contributed by atoms with Crippen LogP contribution in [0.15, 0.2) is 52.5 Å². The standard InChI is InChI=1S/C34H50O3S/c1-22(2)7-16-32(38(36,37)27-11-8-23(3)9-12-27)24(4)29-14-15-30-28-13-10-25-21-26(35)17-19-33(25,5)31(28)18-20-34(29,30)6/h8-13,22,24,26,29-32,35H,7,14-21H2,1-6H3/t24-,26-,29+,30-,31-,32?,33-,34+/m0/s1. The van der Waals surface area contributed by atoms with Crippen LogP contribution < -0.4 is 0 Å². The van der Waals surface area contributed by atoms with Crippen LogP contribution >= 0.6 is 0 Å². The van der Waals surface area contributed by atoms with E-state index in [1.165, 1.54) is 24.8 Å². The van der Waals surface area contributed by atoms with Crippen LogP contribution in [-0.2, 0) is 9.84 Å². The number of allylic oxidation sites excluding steroid dienone is 3. The molecule has 0 radical (unpaired) electrons. The van der Waals surface area contributed by atoms with Gasteiger partial charge in [0.2, 0.25) is 0 Å². The first kappa shape index (κ1) is 28.1. The van der Waals surface area contributed by atoms with Crippen molar-refractivity contribution < 1.29 is 13.5 Å². The Kier molecular flexibility index (Phi) is 7.57. The zero-order valence-electron chi connectivity index (χ0n) is 24.5. The highest BCUT2D eigenvalue weighted by Gasteiger charge is 2.58. The summed E-state index contributed by atoms with van der Waals surface area (Å²) in [4.78, 5) is 0.493. The van der Waals surface area contributed by atoms with E-state index in [0.717, 1.165) is 44.1 Å². The lowest BCUT2D eigenvalue weighted by Crippen LogP contribution is -2.47. The first-order chi connectivity index (χ1) is 17.9. The monoisotopic (exact) mass is 538 g/mol. The zero-order chi connectivity index (χ0) is 27.5. The van der Waals surface area contributed by atoms with Gasteiger partial charge >= 0.3 is 0 Å². The third kappa shape index (κ3) is 4.66. The fourth-order valence-corrected chi connectivity index (χ4v) is 11.3. The molecule has 0 spiro atoms. The summed E-state index contributed by atoms with van der Waals surface area (Å²) in [7, 11) is -3.42. The van der Waals surface area contributed by atoms with Crippen LogP contribution in [0.5, 0.6) is 0 Å². The molecule has 0 aliphatic heterocycles. The molecule has 0 amide bonds. The van der Waals surface area contributed by atoms with Gasteiger partial charge in [0.1, 0.15) is 0 Å². The Bertz CT molecular complexity index is 1190. The second kappa shape index (κ2) is 10.2. The molecule has 4 aliphatic carbocycles. The molecule has 0 bridgehead atoms. The van der Waals surface area contributed by atoms with Crippen LogP contribution in [0.4, 0.5) is 0 Å². The minimum atomic E-state index is -3.42. The number of fused-ring (bicyclic) bond motifs is 5. The predicted octanol–water partition coefficient (Wildman–Crippen LogP) is 8.07. The Morgan fingerprint density at radius 1 is 0.921 bits per heavy atom. The quantitative estimate of drug-likeness (QED) is 0.382. The van der Waals surface area contributed by atoms with Crippen molar-refractivity contribution in [2.45, 2.75) is 116 Å². The van der Waals surface area contributed by atoms with E-state index < -0.39 is 9.84 Å². The van der Waals surface area contributed by atoms with Gasteiger partial charge in [-0.2, -0.15) is 0 Å². The highest BCUT2D eigenvalue weighted by atomic mass is 32.2. The molecule has 3 nitrogen and oxygen atoms in total. The van der Waals surface area contributed by atoms with E-state index in [4.69, 9.17) is 0 Å². The Balaban J connectivity index is 1.45. The summed E-state index contributed by atoms with van der Waals surface area (Å²) in [5.74, 6) is 2.15. The minimum absolute atomic E-state index is 0.127. The molecule has 3 saturated carbocycles. The summed E-state index contributed by atoms with van der Waals surface area (Å²) in [6.07, 6.45) is 13.8. The first-order valence-electron chi connectivity index (χ1n) is 15.3. The summed E-state index contributed by atoms with van der Waals surface area (Å²) < 4.78 is 28.3. The first-order valence-corrected chi connectivity index (χ1v) is 16.8. The maximum absolute atomic E-state index is 14.1. The molecule has 8 atom stereocenters. The van der Waals surface area contributed by atoms with Gasteiger partial charge < -0.3 is 5.11 Å². The topological polar surface area (TPSA) is 54.4 Å². The summed E-state index contributed by atoms with van der Waals surface area (Å²) in [5, 5.41) is 9.99. The molecule has 5 rings (SSSR count). The number of rotatable bonds is 7. The van der Waals surface area contributed by atoms with Crippen LogP contribution in [-0.4, -0.2) is 24.9 Å². The highest BCUT2D eigenvalue weighted by molar-refractivity contribution is 7.92. The van der Waals surface area contributed by atoms with E-state index in [0.29, 0.717) is 28.6 Å². The number of aliphatic hydroxyl groups is 1. The molecule has 0 saturated heterocycles. The van der Waals surface area contributed by atoms with Crippen molar-refractivity contribution in [3.05, 3.63) is 53.1 Å². The molecule has 3 fully saturated rings. The molecule has 1 unspecified atom stereocenters. The molecule has 0 heterocycles. The Morgan fingerprint density at radius 2 is 1.63 bits per heavy atom. The Hall–Kier alpha value is -1.39. The maximum Gasteiger partial charge on any atom is 0.181 e. The lowest BCUT2D eigenvalue weighted by Gasteiger charge is -2.55. The molecular formula is C34H50O3S. The summed E-state index contributed by atoms with van der Waals surface area (Å²) in [6.45, 7) is 13.6. The number of hydrogen-bond acceptors (Lipinski definition) is 3. The van der Waals surface area contributed by atoms with Crippen LogP contribution in [0.1, 0.15) is 98.0 Å². The van der Waals surface area contributed by atoms with Gasteiger partial charge in [0.15, 0.2) is 9.84 Å². The van der Waals surface area contributed by atoms with E-state index in [2.05, 4.69) is 46.8 Å². The van der Waals surface area contributed by atoms with E-state index in [1.807, 2.05) is 31.2 Å². The highest BCUT2D eigenvalue weighted by Crippen LogP contribution is 2.66. The number of aliphatic hydroxyl groups excluding tert-OH is 1. The van der Waals surface area contributed by atoms with Crippen LogP contribution in [0.2, 0.25) is 0 Å². The third-order valence-corrected chi connectivity index (χ3v) is 14.0. The van der Waals surface area contributed by atoms with Gasteiger partial charge in [-0.3, -0.25) is 0 Å². The molecule has 1 aromatic rings. The number of sulfone groups is 1. The molecule has 38 heavy (non-hydrogen) atoms. The fraction of sp³-hybridized carbons (Fsp3) is 0.706. The maximum atomic E-state index is 14.1. The molecule has 1 N–H and O–H groups in total. The zero-order valence-corrected chi connectivity index (χ0v) is 25.4. The van der Waals surface area contributed by atoms with E-state index >= 15 is 0 Å². The van der Waals surface area contributed by atoms with Crippen LogP contribution in [0.3, 0.4) is 0 Å². The van der Waals surface area contributed by atoms with Gasteiger partial charge in [-0.25, -0.2) is 8.42 Å². The van der Waals surface area contributed by atoms with Crippen molar-refractivity contribution in [1.82, 2.24) is 0 Å². The Morgan fingerprint density at radius 3 is 2.32 bits per heavy atom. The number of hydrogen-bond donors (Lipinski definition) is 1. The third-order valence-electron chi connectivity index (χ3n) is 11.6. The van der Waals surface area contributed by atoms with E-state index in [9.17, 15) is 13.5 Å². The van der Waals surface area contributed by atoms with E-state index in [1.54, 1.807) is 5.57 Å². The summed E-state index contributed by atoms with van der Waals surface area (Å²) in [5.41, 5.74) is 4.52. The summed E-state index contributed by atoms with van der Waals surface area (Å²) >= 11 is 0. The van der Waals surface area contributed by atoms with Crippen molar-refractivity contribution in [2.24, 2.45) is 40.4 Å². The van der Waals surface area contributed by atoms with Gasteiger partial charge in [-0.1, -0.05) is 75.6 Å². The largest absolute Gasteiger partial charge is 0.393 e. The van der Waals surface area contributed by atoms with Crippen molar-refractivity contribution in [3.63, 3.8) is 0 Å². The second-order valence-electron chi connectivity index (χ2n) is 14.2. The van der Waals surface area contributed by atoms with Crippen molar-refractivity contribution >= 4 is 9.84 Å². The Labute approximate surface area is 232 Å². The molecule has 210 valence electrons. The van der Waals surface area contributed by atoms with Crippen molar-refractivity contribution in [3.8, 4) is 0 Å². The van der Waals surface area contributed by atoms with Gasteiger partial charge in [0.05, 0.1) is 16.2 Å². The molecule has 4 heteroatoms. The van der Waals surface area contributed by atoms with Gasteiger partial charge in [0.25, 0.3) is 0 Å². The fourth-order valence-electron chi connectivity index (χ4n) is 9.25. The van der Waals surface area contributed by atoms with Crippen LogP contribution in [0, 0.1) is 47.3 Å². The molecular weight excluding hydrogens is 488 g/mol. The predicted molar refractivity (Wildman–Crippen MR) is 157 cm³/mol. The van der Waals surface area contributed by atoms with E-state index in [-0.39, 0.29) is 28.1 Å². The second-order valence-corrected chi connectivity index (χ2v) is 16.4. The van der Waals surface area contributed by atoms with Crippen molar-refractivity contribution in [2.75, 3.05) is 0 Å². The van der Waals surface area contributed by atoms with Gasteiger partial charge in [0, 0.05) is 0 Å². The van der Waals surface area contributed by atoms with Gasteiger partial charge in [-0.05, 0) is 117 Å². The lowest BCUT2D eigenvalue weighted by atomic mass is 9.50. The van der Waals surface area contributed by atoms with Crippen molar-refractivity contribution in [1.29, 1.82) is 0 Å². The smallest absolute Gasteiger partial charge is 0.181 e. The number of benzene rings is 1. The minimum Gasteiger partial charge on any atom is -0.393 e. The average Bonchev–Trinajstić information content (AvgIpc) is 3.21. The average molecular weight is 539 g/mol. The lowest BCUT2D eigenvalue weighted by molar-refractivity contribution is 0.0327. The number of aryl methyl sites for hydroxylation is 1. The molecule has 0 aromatic heterocycles. The molecule has 1 aromatic carbocycles. The SMILES string of the molecule is Cc1ccc(S(=O)(=O)C(CCC(C)C)[C@@H](C)[C@H]2CC[C@H]3C4=CC=C5C[C@@H](O)CC[C@]5(C)[C@H]4CC[C@]23C)cc1. The normalized spacial score (nSPS) is 36.5. The van der Waals surface area contributed by atoms with Crippen LogP contribution in [0.25, 0.3) is 0 Å². The summed E-state index contributed by atoms with van der Waals surface area (Å²) in [6, 6.07) is 7.52.